The van der Waals surface area contributed by atoms with Gasteiger partial charge in [0.1, 0.15) is 5.82 Å². The van der Waals surface area contributed by atoms with Crippen LogP contribution in [0.3, 0.4) is 0 Å². The zero-order valence-electron chi connectivity index (χ0n) is 9.67. The average molecular weight is 286 g/mol. The van der Waals surface area contributed by atoms with Crippen LogP contribution >= 0.6 is 0 Å². The van der Waals surface area contributed by atoms with Gasteiger partial charge in [-0.05, 0) is 18.2 Å². The van der Waals surface area contributed by atoms with Crippen LogP contribution in [0.4, 0.5) is 4.39 Å². The van der Waals surface area contributed by atoms with Crippen LogP contribution in [0.1, 0.15) is 11.4 Å². The topological polar surface area (TPSA) is 127 Å². The van der Waals surface area contributed by atoms with Crippen LogP contribution in [0.2, 0.25) is 0 Å². The van der Waals surface area contributed by atoms with Crippen LogP contribution in [0.5, 0.6) is 0 Å². The summed E-state index contributed by atoms with van der Waals surface area (Å²) in [7, 11) is -3.78. The molecule has 0 unspecified atom stereocenters. The Hall–Kier alpha value is -1.91. The summed E-state index contributed by atoms with van der Waals surface area (Å²) in [5.41, 5.74) is 5.45. The fraction of sp³-hybridized carbons (Fsp3) is 0.222. The molecule has 0 saturated heterocycles. The minimum absolute atomic E-state index is 0.0714. The summed E-state index contributed by atoms with van der Waals surface area (Å²) in [6, 6.07) is 3.41. The lowest BCUT2D eigenvalue weighted by atomic mass is 10.2. The van der Waals surface area contributed by atoms with Crippen molar-refractivity contribution in [3.63, 3.8) is 0 Å². The second-order valence-corrected chi connectivity index (χ2v) is 5.38. The molecule has 0 amide bonds. The Labute approximate surface area is 108 Å². The van der Waals surface area contributed by atoms with Gasteiger partial charge in [0.2, 0.25) is 10.0 Å². The molecule has 1 aromatic heterocycles. The van der Waals surface area contributed by atoms with E-state index in [1.165, 1.54) is 6.07 Å². The molecule has 4 N–H and O–H groups in total. The normalized spacial score (nSPS) is 11.7. The molecule has 0 atom stereocenters. The number of tetrazole rings is 1. The first kappa shape index (κ1) is 13.5. The van der Waals surface area contributed by atoms with Crippen molar-refractivity contribution in [3.05, 3.63) is 35.4 Å². The molecule has 2 aromatic rings. The number of hydrogen-bond donors (Lipinski definition) is 3. The third-order valence-corrected chi connectivity index (χ3v) is 3.76. The molecule has 19 heavy (non-hydrogen) atoms. The Morgan fingerprint density at radius 2 is 2.21 bits per heavy atom. The lowest BCUT2D eigenvalue weighted by molar-refractivity contribution is 0.577. The lowest BCUT2D eigenvalue weighted by Crippen LogP contribution is -2.24. The van der Waals surface area contributed by atoms with Crippen molar-refractivity contribution in [2.24, 2.45) is 5.73 Å². The average Bonchev–Trinajstić information content (AvgIpc) is 2.90. The number of halogens is 1. The number of hydrogen-bond acceptors (Lipinski definition) is 6. The maximum Gasteiger partial charge on any atom is 0.240 e. The number of rotatable bonds is 5. The molecule has 2 rings (SSSR count). The van der Waals surface area contributed by atoms with Crippen LogP contribution in [-0.2, 0) is 23.1 Å². The number of sulfonamides is 1. The molecular weight excluding hydrogens is 275 g/mol. The maximum absolute atomic E-state index is 13.2. The molecule has 1 aromatic carbocycles. The zero-order chi connectivity index (χ0) is 13.9. The fourth-order valence-electron chi connectivity index (χ4n) is 1.37. The van der Waals surface area contributed by atoms with Crippen molar-refractivity contribution in [1.82, 2.24) is 25.3 Å². The van der Waals surface area contributed by atoms with E-state index in [1.54, 1.807) is 0 Å². The number of H-pyrrole nitrogens is 1. The molecule has 0 bridgehead atoms. The highest BCUT2D eigenvalue weighted by atomic mass is 32.2. The van der Waals surface area contributed by atoms with Gasteiger partial charge in [0.15, 0.2) is 5.82 Å². The molecule has 0 aliphatic heterocycles. The van der Waals surface area contributed by atoms with Crippen LogP contribution in [0.25, 0.3) is 0 Å². The van der Waals surface area contributed by atoms with Crippen LogP contribution in [-0.4, -0.2) is 29.0 Å². The van der Waals surface area contributed by atoms with Gasteiger partial charge in [0.05, 0.1) is 11.4 Å². The van der Waals surface area contributed by atoms with Gasteiger partial charge in [-0.15, -0.1) is 10.2 Å². The lowest BCUT2D eigenvalue weighted by Gasteiger charge is -2.07. The van der Waals surface area contributed by atoms with E-state index in [0.29, 0.717) is 0 Å². The summed E-state index contributed by atoms with van der Waals surface area (Å²) in [5.74, 6) is -0.343. The SMILES string of the molecule is NCc1cc(S(=O)(=O)NCc2nn[nH]n2)ccc1F. The maximum atomic E-state index is 13.2. The molecule has 10 heteroatoms. The highest BCUT2D eigenvalue weighted by Gasteiger charge is 2.16. The second-order valence-electron chi connectivity index (χ2n) is 3.61. The molecule has 1 heterocycles. The van der Waals surface area contributed by atoms with Gasteiger partial charge in [0.25, 0.3) is 0 Å². The summed E-state index contributed by atoms with van der Waals surface area (Å²) >= 11 is 0. The largest absolute Gasteiger partial charge is 0.326 e. The van der Waals surface area contributed by atoms with E-state index in [-0.39, 0.29) is 29.4 Å². The van der Waals surface area contributed by atoms with Crippen LogP contribution in [0, 0.1) is 5.82 Å². The first-order valence-electron chi connectivity index (χ1n) is 5.23. The highest BCUT2D eigenvalue weighted by Crippen LogP contribution is 2.14. The number of nitrogens with one attached hydrogen (secondary N) is 2. The number of benzene rings is 1. The van der Waals surface area contributed by atoms with Gasteiger partial charge < -0.3 is 5.73 Å². The van der Waals surface area contributed by atoms with Crippen LogP contribution < -0.4 is 10.5 Å². The molecule has 0 aliphatic carbocycles. The summed E-state index contributed by atoms with van der Waals surface area (Å²) in [5, 5.41) is 12.7. The summed E-state index contributed by atoms with van der Waals surface area (Å²) < 4.78 is 39.4. The molecular formula is C9H11FN6O2S. The van der Waals surface area contributed by atoms with Crippen LogP contribution in [0.15, 0.2) is 23.1 Å². The first-order chi connectivity index (χ1) is 9.03. The van der Waals surface area contributed by atoms with E-state index in [4.69, 9.17) is 5.73 Å². The molecule has 0 saturated carbocycles. The predicted molar refractivity (Wildman–Crippen MR) is 62.5 cm³/mol. The minimum atomic E-state index is -3.78. The molecule has 0 radical (unpaired) electrons. The third-order valence-electron chi connectivity index (χ3n) is 2.36. The smallest absolute Gasteiger partial charge is 0.240 e. The first-order valence-corrected chi connectivity index (χ1v) is 6.72. The Balaban J connectivity index is 2.19. The molecule has 8 nitrogen and oxygen atoms in total. The Morgan fingerprint density at radius 3 is 2.84 bits per heavy atom. The van der Waals surface area contributed by atoms with Gasteiger partial charge in [-0.1, -0.05) is 5.21 Å². The predicted octanol–water partition coefficient (Wildman–Crippen LogP) is -0.724. The number of nitrogens with two attached hydrogens (primary N) is 1. The summed E-state index contributed by atoms with van der Waals surface area (Å²) in [6.07, 6.45) is 0. The third kappa shape index (κ3) is 3.10. The van der Waals surface area contributed by atoms with Crippen molar-refractivity contribution in [3.8, 4) is 0 Å². The van der Waals surface area contributed by atoms with Gasteiger partial charge in [-0.2, -0.15) is 5.21 Å². The van der Waals surface area contributed by atoms with Crippen molar-refractivity contribution >= 4 is 10.0 Å². The molecule has 102 valence electrons. The fourth-order valence-corrected chi connectivity index (χ4v) is 2.41. The quantitative estimate of drug-likeness (QED) is 0.665. The van der Waals surface area contributed by atoms with Crippen molar-refractivity contribution in [1.29, 1.82) is 0 Å². The summed E-state index contributed by atoms with van der Waals surface area (Å²) in [6.45, 7) is -0.200. The second kappa shape index (κ2) is 5.38. The number of aromatic amines is 1. The van der Waals surface area contributed by atoms with Crippen molar-refractivity contribution in [2.45, 2.75) is 18.0 Å². The van der Waals surface area contributed by atoms with Crippen molar-refractivity contribution in [2.75, 3.05) is 0 Å². The van der Waals surface area contributed by atoms with Gasteiger partial charge >= 0.3 is 0 Å². The highest BCUT2D eigenvalue weighted by molar-refractivity contribution is 7.89. The van der Waals surface area contributed by atoms with E-state index < -0.39 is 15.8 Å². The number of aromatic nitrogens is 4. The monoisotopic (exact) mass is 286 g/mol. The van der Waals surface area contributed by atoms with E-state index >= 15 is 0 Å². The van der Waals surface area contributed by atoms with E-state index in [1.807, 2.05) is 0 Å². The standard InChI is InChI=1S/C9H11FN6O2S/c10-8-2-1-7(3-6(8)4-11)19(17,18)12-5-9-13-15-16-14-9/h1-3,12H,4-5,11H2,(H,13,14,15,16). The van der Waals surface area contributed by atoms with E-state index in [0.717, 1.165) is 12.1 Å². The Morgan fingerprint density at radius 1 is 1.42 bits per heavy atom. The minimum Gasteiger partial charge on any atom is -0.326 e. The van der Waals surface area contributed by atoms with E-state index in [9.17, 15) is 12.8 Å². The molecule has 0 fully saturated rings. The van der Waals surface area contributed by atoms with Crippen molar-refractivity contribution < 1.29 is 12.8 Å². The number of nitrogens with zero attached hydrogens (tertiary/aromatic N) is 3. The summed E-state index contributed by atoms with van der Waals surface area (Å²) in [4.78, 5) is -0.0714. The van der Waals surface area contributed by atoms with Gasteiger partial charge in [-0.3, -0.25) is 0 Å². The van der Waals surface area contributed by atoms with E-state index in [2.05, 4.69) is 25.3 Å². The van der Waals surface area contributed by atoms with Gasteiger partial charge in [-0.25, -0.2) is 17.5 Å². The molecule has 0 spiro atoms. The molecule has 0 aliphatic rings. The van der Waals surface area contributed by atoms with Gasteiger partial charge in [0, 0.05) is 12.1 Å². The Bertz CT molecular complexity index is 657. The zero-order valence-corrected chi connectivity index (χ0v) is 10.5. The Kier molecular flexibility index (Phi) is 3.83.